The van der Waals surface area contributed by atoms with Gasteiger partial charge in [0.05, 0.1) is 6.61 Å². The van der Waals surface area contributed by atoms with Gasteiger partial charge in [-0.05, 0) is 29.5 Å². The van der Waals surface area contributed by atoms with Gasteiger partial charge in [-0.1, -0.05) is 54.6 Å². The smallest absolute Gasteiger partial charge is 0.302 e. The van der Waals surface area contributed by atoms with Gasteiger partial charge in [0.1, 0.15) is 6.61 Å². The molecule has 2 aromatic carbocycles. The average Bonchev–Trinajstić information content (AvgIpc) is 3.03. The number of esters is 1. The summed E-state index contributed by atoms with van der Waals surface area (Å²) in [5.74, 6) is -0.250. The van der Waals surface area contributed by atoms with E-state index < -0.39 is 0 Å². The van der Waals surface area contributed by atoms with Crippen LogP contribution in [0, 0.1) is 0 Å². The third kappa shape index (κ3) is 4.47. The molecule has 0 aliphatic carbocycles. The SMILES string of the molecule is CC(=O)OCC1CCC(CO)N1Cc1ccc(-c2ccccc2)cc1. The normalized spacial score (nSPS) is 20.6. The van der Waals surface area contributed by atoms with Crippen molar-refractivity contribution in [2.45, 2.75) is 38.4 Å². The number of benzene rings is 2. The summed E-state index contributed by atoms with van der Waals surface area (Å²) >= 11 is 0. The van der Waals surface area contributed by atoms with E-state index in [0.29, 0.717) is 6.61 Å². The number of nitrogens with zero attached hydrogens (tertiary/aromatic N) is 1. The highest BCUT2D eigenvalue weighted by atomic mass is 16.5. The predicted octanol–water partition coefficient (Wildman–Crippen LogP) is 3.24. The number of aliphatic hydroxyl groups is 1. The molecule has 1 N–H and O–H groups in total. The Morgan fingerprint density at radius 2 is 1.68 bits per heavy atom. The van der Waals surface area contributed by atoms with Crippen molar-refractivity contribution < 1.29 is 14.6 Å². The summed E-state index contributed by atoms with van der Waals surface area (Å²) in [5, 5.41) is 9.65. The zero-order valence-electron chi connectivity index (χ0n) is 14.6. The Morgan fingerprint density at radius 3 is 2.32 bits per heavy atom. The molecule has 0 aromatic heterocycles. The number of hydrogen-bond donors (Lipinski definition) is 1. The third-order valence-corrected chi connectivity index (χ3v) is 4.89. The standard InChI is InChI=1S/C21H25NO3/c1-16(24)25-15-21-12-11-20(14-23)22(21)13-17-7-9-19(10-8-17)18-5-3-2-4-6-18/h2-10,20-21,23H,11-15H2,1H3. The number of rotatable bonds is 6. The lowest BCUT2D eigenvalue weighted by molar-refractivity contribution is -0.142. The second-order valence-electron chi connectivity index (χ2n) is 6.61. The zero-order chi connectivity index (χ0) is 17.6. The quantitative estimate of drug-likeness (QED) is 0.821. The second-order valence-corrected chi connectivity index (χ2v) is 6.61. The van der Waals surface area contributed by atoms with Crippen LogP contribution in [0.15, 0.2) is 54.6 Å². The largest absolute Gasteiger partial charge is 0.464 e. The molecule has 2 unspecified atom stereocenters. The maximum atomic E-state index is 11.1. The first-order chi connectivity index (χ1) is 12.2. The van der Waals surface area contributed by atoms with Crippen LogP contribution in [0.25, 0.3) is 11.1 Å². The highest BCUT2D eigenvalue weighted by molar-refractivity contribution is 5.66. The van der Waals surface area contributed by atoms with E-state index >= 15 is 0 Å². The fraction of sp³-hybridized carbons (Fsp3) is 0.381. The van der Waals surface area contributed by atoms with Crippen LogP contribution < -0.4 is 0 Å². The summed E-state index contributed by atoms with van der Waals surface area (Å²) in [6, 6.07) is 19.2. The molecular formula is C21H25NO3. The average molecular weight is 339 g/mol. The topological polar surface area (TPSA) is 49.8 Å². The Kier molecular flexibility index (Phi) is 5.84. The first-order valence-electron chi connectivity index (χ1n) is 8.81. The molecule has 4 heteroatoms. The summed E-state index contributed by atoms with van der Waals surface area (Å²) in [5.41, 5.74) is 3.60. The minimum atomic E-state index is -0.250. The molecule has 1 heterocycles. The lowest BCUT2D eigenvalue weighted by Crippen LogP contribution is -2.40. The molecule has 1 fully saturated rings. The van der Waals surface area contributed by atoms with E-state index in [-0.39, 0.29) is 24.7 Å². The molecule has 3 rings (SSSR count). The minimum absolute atomic E-state index is 0.134. The Labute approximate surface area is 149 Å². The summed E-state index contributed by atoms with van der Waals surface area (Å²) in [6.45, 7) is 2.73. The first-order valence-corrected chi connectivity index (χ1v) is 8.81. The third-order valence-electron chi connectivity index (χ3n) is 4.89. The van der Waals surface area contributed by atoms with E-state index in [1.54, 1.807) is 0 Å². The van der Waals surface area contributed by atoms with Crippen molar-refractivity contribution >= 4 is 5.97 Å². The van der Waals surface area contributed by atoms with Gasteiger partial charge in [0.2, 0.25) is 0 Å². The lowest BCUT2D eigenvalue weighted by Gasteiger charge is -2.29. The van der Waals surface area contributed by atoms with Crippen molar-refractivity contribution in [1.29, 1.82) is 0 Å². The summed E-state index contributed by atoms with van der Waals surface area (Å²) in [6.07, 6.45) is 1.88. The van der Waals surface area contributed by atoms with E-state index in [1.807, 2.05) is 18.2 Å². The second kappa shape index (κ2) is 8.28. The lowest BCUT2D eigenvalue weighted by atomic mass is 10.0. The summed E-state index contributed by atoms with van der Waals surface area (Å²) in [7, 11) is 0. The van der Waals surface area contributed by atoms with Gasteiger partial charge >= 0.3 is 5.97 Å². The van der Waals surface area contributed by atoms with Gasteiger partial charge in [-0.25, -0.2) is 0 Å². The van der Waals surface area contributed by atoms with E-state index in [4.69, 9.17) is 4.74 Å². The Hall–Kier alpha value is -2.17. The number of carbonyl (C=O) groups excluding carboxylic acids is 1. The molecule has 1 aliphatic rings. The zero-order valence-corrected chi connectivity index (χ0v) is 14.6. The predicted molar refractivity (Wildman–Crippen MR) is 97.9 cm³/mol. The van der Waals surface area contributed by atoms with Gasteiger partial charge in [0, 0.05) is 25.6 Å². The van der Waals surface area contributed by atoms with Gasteiger partial charge in [-0.15, -0.1) is 0 Å². The number of aliphatic hydroxyl groups excluding tert-OH is 1. The number of carbonyl (C=O) groups is 1. The number of likely N-dealkylation sites (tertiary alicyclic amines) is 1. The molecule has 2 atom stereocenters. The van der Waals surface area contributed by atoms with Crippen LogP contribution in [0.3, 0.4) is 0 Å². The van der Waals surface area contributed by atoms with Crippen LogP contribution in [0.1, 0.15) is 25.3 Å². The van der Waals surface area contributed by atoms with Gasteiger partial charge in [0.15, 0.2) is 0 Å². The molecule has 132 valence electrons. The Bertz CT molecular complexity index is 684. The van der Waals surface area contributed by atoms with Crippen LogP contribution in [-0.2, 0) is 16.1 Å². The number of hydrogen-bond acceptors (Lipinski definition) is 4. The number of ether oxygens (including phenoxy) is 1. The maximum Gasteiger partial charge on any atom is 0.302 e. The van der Waals surface area contributed by atoms with Crippen molar-refractivity contribution in [3.63, 3.8) is 0 Å². The Morgan fingerprint density at radius 1 is 1.04 bits per heavy atom. The van der Waals surface area contributed by atoms with Gasteiger partial charge in [0.25, 0.3) is 0 Å². The highest BCUT2D eigenvalue weighted by Crippen LogP contribution is 2.27. The van der Waals surface area contributed by atoms with Crippen molar-refractivity contribution in [2.24, 2.45) is 0 Å². The molecule has 25 heavy (non-hydrogen) atoms. The summed E-state index contributed by atoms with van der Waals surface area (Å²) in [4.78, 5) is 13.4. The molecule has 0 saturated carbocycles. The van der Waals surface area contributed by atoms with Crippen molar-refractivity contribution in [2.75, 3.05) is 13.2 Å². The van der Waals surface area contributed by atoms with Gasteiger partial charge in [-0.2, -0.15) is 0 Å². The molecular weight excluding hydrogens is 314 g/mol. The van der Waals surface area contributed by atoms with E-state index in [0.717, 1.165) is 19.4 Å². The molecule has 1 saturated heterocycles. The van der Waals surface area contributed by atoms with Crippen LogP contribution in [0.4, 0.5) is 0 Å². The van der Waals surface area contributed by atoms with Crippen LogP contribution in [-0.4, -0.2) is 41.3 Å². The molecule has 0 amide bonds. The molecule has 4 nitrogen and oxygen atoms in total. The van der Waals surface area contributed by atoms with Gasteiger partial charge < -0.3 is 9.84 Å². The Balaban J connectivity index is 1.69. The van der Waals surface area contributed by atoms with Crippen molar-refractivity contribution in [1.82, 2.24) is 4.90 Å². The monoisotopic (exact) mass is 339 g/mol. The first kappa shape index (κ1) is 17.6. The van der Waals surface area contributed by atoms with Crippen LogP contribution in [0.2, 0.25) is 0 Å². The highest BCUT2D eigenvalue weighted by Gasteiger charge is 2.33. The fourth-order valence-electron chi connectivity index (χ4n) is 3.51. The summed E-state index contributed by atoms with van der Waals surface area (Å²) < 4.78 is 5.20. The van der Waals surface area contributed by atoms with E-state index in [2.05, 4.69) is 41.3 Å². The van der Waals surface area contributed by atoms with Crippen molar-refractivity contribution in [3.8, 4) is 11.1 Å². The fourth-order valence-corrected chi connectivity index (χ4v) is 3.51. The molecule has 1 aliphatic heterocycles. The van der Waals surface area contributed by atoms with Crippen LogP contribution >= 0.6 is 0 Å². The molecule has 0 radical (unpaired) electrons. The minimum Gasteiger partial charge on any atom is -0.464 e. The van der Waals surface area contributed by atoms with Crippen molar-refractivity contribution in [3.05, 3.63) is 60.2 Å². The van der Waals surface area contributed by atoms with Crippen LogP contribution in [0.5, 0.6) is 0 Å². The molecule has 0 bridgehead atoms. The molecule has 2 aromatic rings. The van der Waals surface area contributed by atoms with E-state index in [1.165, 1.54) is 23.6 Å². The molecule has 0 spiro atoms. The van der Waals surface area contributed by atoms with E-state index in [9.17, 15) is 9.90 Å². The maximum absolute atomic E-state index is 11.1. The van der Waals surface area contributed by atoms with Gasteiger partial charge in [-0.3, -0.25) is 9.69 Å².